The number of amides is 1. The number of para-hydroxylation sites is 1. The third-order valence-corrected chi connectivity index (χ3v) is 5.54. The largest absolute Gasteiger partial charge is 0.451 e. The smallest absolute Gasteiger partial charge is 0.290 e. The van der Waals surface area contributed by atoms with Crippen LogP contribution in [0.25, 0.3) is 11.0 Å². The highest BCUT2D eigenvalue weighted by Crippen LogP contribution is 2.37. The molecule has 0 N–H and O–H groups in total. The number of carbonyl (C=O) groups excluding carboxylic acids is 1. The number of carbonyl (C=O) groups is 1. The van der Waals surface area contributed by atoms with Crippen LogP contribution in [0.4, 0.5) is 0 Å². The molecule has 1 amide bonds. The van der Waals surface area contributed by atoms with E-state index in [4.69, 9.17) is 9.15 Å². The molecule has 0 radical (unpaired) electrons. The number of rotatable bonds is 4. The first-order chi connectivity index (χ1) is 11.8. The zero-order valence-corrected chi connectivity index (χ0v) is 14.3. The van der Waals surface area contributed by atoms with Gasteiger partial charge in [-0.2, -0.15) is 0 Å². The van der Waals surface area contributed by atoms with Gasteiger partial charge >= 0.3 is 0 Å². The Morgan fingerprint density at radius 1 is 1.33 bits per heavy atom. The zero-order valence-electron chi connectivity index (χ0n) is 13.5. The first-order valence-electron chi connectivity index (χ1n) is 8.13. The Balaban J connectivity index is 1.74. The van der Waals surface area contributed by atoms with Crippen molar-refractivity contribution in [1.29, 1.82) is 0 Å². The fraction of sp³-hybridized carbons (Fsp3) is 0.316. The third kappa shape index (κ3) is 2.54. The quantitative estimate of drug-likeness (QED) is 0.695. The van der Waals surface area contributed by atoms with E-state index >= 15 is 0 Å². The van der Waals surface area contributed by atoms with Crippen molar-refractivity contribution in [2.75, 3.05) is 13.7 Å². The van der Waals surface area contributed by atoms with Crippen LogP contribution in [0.5, 0.6) is 0 Å². The zero-order chi connectivity index (χ0) is 16.5. The number of nitrogens with zero attached hydrogens (tertiary/aromatic N) is 1. The average Bonchev–Trinajstić information content (AvgIpc) is 3.34. The topological polar surface area (TPSA) is 42.7 Å². The summed E-state index contributed by atoms with van der Waals surface area (Å²) in [6.07, 6.45) is 2.03. The second kappa shape index (κ2) is 6.42. The number of hydrogen-bond donors (Lipinski definition) is 0. The van der Waals surface area contributed by atoms with E-state index in [9.17, 15) is 4.79 Å². The van der Waals surface area contributed by atoms with Crippen LogP contribution in [0.2, 0.25) is 0 Å². The Morgan fingerprint density at radius 3 is 3.00 bits per heavy atom. The maximum absolute atomic E-state index is 13.2. The van der Waals surface area contributed by atoms with Gasteiger partial charge < -0.3 is 14.1 Å². The predicted molar refractivity (Wildman–Crippen MR) is 94.3 cm³/mol. The van der Waals surface area contributed by atoms with Gasteiger partial charge in [0.25, 0.3) is 5.91 Å². The van der Waals surface area contributed by atoms with E-state index in [0.717, 1.165) is 35.9 Å². The molecule has 1 fully saturated rings. The van der Waals surface area contributed by atoms with Gasteiger partial charge in [0.2, 0.25) is 0 Å². The Bertz CT molecular complexity index is 853. The molecule has 0 spiro atoms. The Hall–Kier alpha value is -2.11. The minimum atomic E-state index is -0.0332. The van der Waals surface area contributed by atoms with Crippen LogP contribution >= 0.6 is 11.3 Å². The van der Waals surface area contributed by atoms with Crippen molar-refractivity contribution in [2.24, 2.45) is 0 Å². The molecule has 3 aromatic rings. The summed E-state index contributed by atoms with van der Waals surface area (Å²) in [5, 5.41) is 3.02. The molecule has 124 valence electrons. The van der Waals surface area contributed by atoms with Gasteiger partial charge in [-0.05, 0) is 30.4 Å². The van der Waals surface area contributed by atoms with Gasteiger partial charge in [-0.15, -0.1) is 11.3 Å². The third-order valence-electron chi connectivity index (χ3n) is 4.57. The first-order valence-corrected chi connectivity index (χ1v) is 9.01. The summed E-state index contributed by atoms with van der Waals surface area (Å²) >= 11 is 1.71. The molecule has 2 aromatic heterocycles. The van der Waals surface area contributed by atoms with Crippen molar-refractivity contribution in [1.82, 2.24) is 4.90 Å². The molecule has 0 aliphatic carbocycles. The monoisotopic (exact) mass is 341 g/mol. The van der Waals surface area contributed by atoms with Crippen molar-refractivity contribution < 1.29 is 13.9 Å². The maximum Gasteiger partial charge on any atom is 0.290 e. The van der Waals surface area contributed by atoms with Crippen molar-refractivity contribution in [3.8, 4) is 0 Å². The molecular formula is C19H19NO3S. The Kier molecular flexibility index (Phi) is 4.12. The number of hydrogen-bond acceptors (Lipinski definition) is 4. The van der Waals surface area contributed by atoms with Crippen LogP contribution in [0.3, 0.4) is 0 Å². The predicted octanol–water partition coefficient (Wildman–Crippen LogP) is 4.62. The molecule has 24 heavy (non-hydrogen) atoms. The van der Waals surface area contributed by atoms with Gasteiger partial charge in [0.1, 0.15) is 5.58 Å². The summed E-state index contributed by atoms with van der Waals surface area (Å²) in [6, 6.07) is 12.0. The van der Waals surface area contributed by atoms with E-state index in [2.05, 4.69) is 11.4 Å². The van der Waals surface area contributed by atoms with Crippen molar-refractivity contribution in [2.45, 2.75) is 25.5 Å². The molecule has 1 aromatic carbocycles. The minimum absolute atomic E-state index is 0.0332. The lowest BCUT2D eigenvalue weighted by molar-refractivity contribution is 0.0701. The fourth-order valence-electron chi connectivity index (χ4n) is 3.48. The van der Waals surface area contributed by atoms with E-state index in [0.29, 0.717) is 12.4 Å². The molecule has 0 bridgehead atoms. The summed E-state index contributed by atoms with van der Waals surface area (Å²) in [4.78, 5) is 16.4. The van der Waals surface area contributed by atoms with Crippen molar-refractivity contribution in [3.05, 3.63) is 58.0 Å². The van der Waals surface area contributed by atoms with Crippen LogP contribution in [-0.2, 0) is 11.3 Å². The highest BCUT2D eigenvalue weighted by atomic mass is 32.1. The van der Waals surface area contributed by atoms with Gasteiger partial charge in [-0.3, -0.25) is 4.79 Å². The Morgan fingerprint density at radius 2 is 2.21 bits per heavy atom. The second-order valence-electron chi connectivity index (χ2n) is 6.01. The number of thiophene rings is 1. The van der Waals surface area contributed by atoms with Gasteiger partial charge in [0.15, 0.2) is 5.76 Å². The summed E-state index contributed by atoms with van der Waals surface area (Å²) in [5.74, 6) is 0.385. The van der Waals surface area contributed by atoms with Crippen LogP contribution in [0.1, 0.15) is 39.9 Å². The minimum Gasteiger partial charge on any atom is -0.451 e. The molecule has 1 aliphatic rings. The van der Waals surface area contributed by atoms with Crippen molar-refractivity contribution >= 4 is 28.2 Å². The van der Waals surface area contributed by atoms with E-state index in [-0.39, 0.29) is 11.9 Å². The van der Waals surface area contributed by atoms with Gasteiger partial charge in [0, 0.05) is 29.5 Å². The molecule has 1 atom stereocenters. The van der Waals surface area contributed by atoms with Gasteiger partial charge in [-0.25, -0.2) is 0 Å². The normalized spacial score (nSPS) is 17.7. The number of fused-ring (bicyclic) bond motifs is 1. The number of furan rings is 1. The number of benzene rings is 1. The van der Waals surface area contributed by atoms with Crippen LogP contribution in [0.15, 0.2) is 46.2 Å². The van der Waals surface area contributed by atoms with E-state index in [1.807, 2.05) is 35.2 Å². The lowest BCUT2D eigenvalue weighted by Gasteiger charge is -2.23. The molecule has 0 unspecified atom stereocenters. The van der Waals surface area contributed by atoms with E-state index < -0.39 is 0 Å². The van der Waals surface area contributed by atoms with Gasteiger partial charge in [0.05, 0.1) is 12.6 Å². The summed E-state index contributed by atoms with van der Waals surface area (Å²) < 4.78 is 11.2. The molecule has 1 aliphatic heterocycles. The standard InChI is InChI=1S/C19H19NO3S/c1-22-12-14-13-6-2-3-8-16(13)23-18(14)19(21)20-10-4-7-15(20)17-9-5-11-24-17/h2-3,5-6,8-9,11,15H,4,7,10,12H2,1H3/t15-/m1/s1. The Labute approximate surface area is 144 Å². The molecule has 4 rings (SSSR count). The lowest BCUT2D eigenvalue weighted by atomic mass is 10.1. The molecule has 3 heterocycles. The SMILES string of the molecule is COCc1c(C(=O)N2CCC[C@@H]2c2cccs2)oc2ccccc12. The molecule has 0 saturated carbocycles. The summed E-state index contributed by atoms with van der Waals surface area (Å²) in [5.41, 5.74) is 1.58. The highest BCUT2D eigenvalue weighted by molar-refractivity contribution is 7.10. The number of likely N-dealkylation sites (tertiary alicyclic amines) is 1. The molecule has 5 heteroatoms. The second-order valence-corrected chi connectivity index (χ2v) is 6.99. The molecule has 1 saturated heterocycles. The summed E-state index contributed by atoms with van der Waals surface area (Å²) in [6.45, 7) is 1.14. The van der Waals surface area contributed by atoms with E-state index in [1.165, 1.54) is 4.88 Å². The van der Waals surface area contributed by atoms with Crippen LogP contribution in [-0.4, -0.2) is 24.5 Å². The van der Waals surface area contributed by atoms with Crippen LogP contribution in [0, 0.1) is 0 Å². The van der Waals surface area contributed by atoms with Crippen molar-refractivity contribution in [3.63, 3.8) is 0 Å². The van der Waals surface area contributed by atoms with Crippen LogP contribution < -0.4 is 0 Å². The summed E-state index contributed by atoms with van der Waals surface area (Å²) in [7, 11) is 1.64. The van der Waals surface area contributed by atoms with Gasteiger partial charge in [-0.1, -0.05) is 24.3 Å². The molecular weight excluding hydrogens is 322 g/mol. The average molecular weight is 341 g/mol. The molecule has 4 nitrogen and oxygen atoms in total. The lowest BCUT2D eigenvalue weighted by Crippen LogP contribution is -2.30. The maximum atomic E-state index is 13.2. The van der Waals surface area contributed by atoms with E-state index in [1.54, 1.807) is 18.4 Å². The first kappa shape index (κ1) is 15.4. The fourth-order valence-corrected chi connectivity index (χ4v) is 4.35. The number of ether oxygens (including phenoxy) is 1. The highest BCUT2D eigenvalue weighted by Gasteiger charge is 2.34. The number of methoxy groups -OCH3 is 1.